The third-order valence-corrected chi connectivity index (χ3v) is 3.53. The van der Waals surface area contributed by atoms with Crippen molar-refractivity contribution in [1.29, 1.82) is 0 Å². The van der Waals surface area contributed by atoms with Gasteiger partial charge in [-0.2, -0.15) is 0 Å². The summed E-state index contributed by atoms with van der Waals surface area (Å²) in [4.78, 5) is 13.9. The van der Waals surface area contributed by atoms with Crippen molar-refractivity contribution in [3.63, 3.8) is 0 Å². The average Bonchev–Trinajstić information content (AvgIpc) is 3.03. The van der Waals surface area contributed by atoms with E-state index in [2.05, 4.69) is 10.2 Å². The molecule has 1 aliphatic heterocycles. The van der Waals surface area contributed by atoms with Crippen LogP contribution in [0.5, 0.6) is 0 Å². The van der Waals surface area contributed by atoms with E-state index in [1.165, 1.54) is 25.8 Å². The van der Waals surface area contributed by atoms with Crippen LogP contribution in [-0.2, 0) is 4.79 Å². The van der Waals surface area contributed by atoms with Crippen LogP contribution >= 0.6 is 0 Å². The normalized spacial score (nSPS) is 25.9. The van der Waals surface area contributed by atoms with E-state index in [4.69, 9.17) is 5.11 Å². The SMILES string of the molecule is O=C(CCCO)NCC1CCN(C2CC2)C1. The summed E-state index contributed by atoms with van der Waals surface area (Å²) in [5.74, 6) is 0.720. The van der Waals surface area contributed by atoms with Gasteiger partial charge in [-0.15, -0.1) is 0 Å². The van der Waals surface area contributed by atoms with Gasteiger partial charge >= 0.3 is 0 Å². The molecule has 92 valence electrons. The summed E-state index contributed by atoms with van der Waals surface area (Å²) >= 11 is 0. The zero-order valence-corrected chi connectivity index (χ0v) is 9.82. The zero-order valence-electron chi connectivity index (χ0n) is 9.82. The maximum absolute atomic E-state index is 11.4. The third kappa shape index (κ3) is 3.46. The first-order chi connectivity index (χ1) is 7.79. The highest BCUT2D eigenvalue weighted by Crippen LogP contribution is 2.31. The maximum atomic E-state index is 11.4. The van der Waals surface area contributed by atoms with E-state index in [-0.39, 0.29) is 12.5 Å². The lowest BCUT2D eigenvalue weighted by molar-refractivity contribution is -0.121. The van der Waals surface area contributed by atoms with Crippen molar-refractivity contribution in [1.82, 2.24) is 10.2 Å². The first kappa shape index (κ1) is 11.9. The van der Waals surface area contributed by atoms with Crippen molar-refractivity contribution >= 4 is 5.91 Å². The molecule has 4 heteroatoms. The molecule has 1 aliphatic carbocycles. The minimum Gasteiger partial charge on any atom is -0.396 e. The molecule has 0 bridgehead atoms. The standard InChI is InChI=1S/C12H22N2O2/c15-7-1-2-12(16)13-8-10-5-6-14(9-10)11-3-4-11/h10-11,15H,1-9H2,(H,13,16). The van der Waals surface area contributed by atoms with Gasteiger partial charge in [-0.1, -0.05) is 0 Å². The van der Waals surface area contributed by atoms with Gasteiger partial charge in [0.2, 0.25) is 5.91 Å². The number of carbonyl (C=O) groups excluding carboxylic acids is 1. The highest BCUT2D eigenvalue weighted by atomic mass is 16.3. The Kier molecular flexibility index (Phi) is 4.18. The number of nitrogens with zero attached hydrogens (tertiary/aromatic N) is 1. The van der Waals surface area contributed by atoms with Crippen LogP contribution in [0, 0.1) is 5.92 Å². The molecule has 0 aromatic heterocycles. The predicted octanol–water partition coefficient (Wildman–Crippen LogP) is 0.359. The summed E-state index contributed by atoms with van der Waals surface area (Å²) < 4.78 is 0. The molecular weight excluding hydrogens is 204 g/mol. The Morgan fingerprint density at radius 3 is 2.88 bits per heavy atom. The van der Waals surface area contributed by atoms with Gasteiger partial charge in [0.25, 0.3) is 0 Å². The van der Waals surface area contributed by atoms with Gasteiger partial charge in [-0.05, 0) is 38.1 Å². The molecule has 1 unspecified atom stereocenters. The molecule has 1 atom stereocenters. The second kappa shape index (κ2) is 5.64. The Morgan fingerprint density at radius 1 is 1.38 bits per heavy atom. The summed E-state index contributed by atoms with van der Waals surface area (Å²) in [6.07, 6.45) is 4.99. The number of hydrogen-bond acceptors (Lipinski definition) is 3. The Bertz CT molecular complexity index is 241. The fraction of sp³-hybridized carbons (Fsp3) is 0.917. The number of aliphatic hydroxyl groups is 1. The van der Waals surface area contributed by atoms with Gasteiger partial charge in [0.05, 0.1) is 0 Å². The number of rotatable bonds is 6. The highest BCUT2D eigenvalue weighted by Gasteiger charge is 2.34. The fourth-order valence-electron chi connectivity index (χ4n) is 2.39. The van der Waals surface area contributed by atoms with Crippen molar-refractivity contribution < 1.29 is 9.90 Å². The number of hydrogen-bond donors (Lipinski definition) is 2. The van der Waals surface area contributed by atoms with E-state index in [0.717, 1.165) is 19.1 Å². The van der Waals surface area contributed by atoms with Gasteiger partial charge in [-0.25, -0.2) is 0 Å². The molecule has 16 heavy (non-hydrogen) atoms. The topological polar surface area (TPSA) is 52.6 Å². The van der Waals surface area contributed by atoms with Crippen LogP contribution in [0.3, 0.4) is 0 Å². The van der Waals surface area contributed by atoms with Crippen molar-refractivity contribution in [2.24, 2.45) is 5.92 Å². The molecule has 0 aromatic carbocycles. The van der Waals surface area contributed by atoms with Crippen LogP contribution in [-0.4, -0.2) is 48.2 Å². The monoisotopic (exact) mass is 226 g/mol. The van der Waals surface area contributed by atoms with Crippen LogP contribution < -0.4 is 5.32 Å². The van der Waals surface area contributed by atoms with Gasteiger partial charge in [-0.3, -0.25) is 4.79 Å². The summed E-state index contributed by atoms with van der Waals surface area (Å²) in [5, 5.41) is 11.6. The third-order valence-electron chi connectivity index (χ3n) is 3.53. The summed E-state index contributed by atoms with van der Waals surface area (Å²) in [6.45, 7) is 3.28. The highest BCUT2D eigenvalue weighted by molar-refractivity contribution is 5.75. The molecule has 0 radical (unpaired) electrons. The van der Waals surface area contributed by atoms with Crippen molar-refractivity contribution in [3.8, 4) is 0 Å². The van der Waals surface area contributed by atoms with Gasteiger partial charge in [0, 0.05) is 32.2 Å². The zero-order chi connectivity index (χ0) is 11.4. The molecule has 2 rings (SSSR count). The lowest BCUT2D eigenvalue weighted by Crippen LogP contribution is -2.31. The largest absolute Gasteiger partial charge is 0.396 e. The molecule has 1 saturated heterocycles. The molecule has 2 aliphatic rings. The predicted molar refractivity (Wildman–Crippen MR) is 62.0 cm³/mol. The van der Waals surface area contributed by atoms with E-state index in [0.29, 0.717) is 18.8 Å². The smallest absolute Gasteiger partial charge is 0.220 e. The van der Waals surface area contributed by atoms with E-state index in [1.54, 1.807) is 0 Å². The van der Waals surface area contributed by atoms with Crippen LogP contribution in [0.25, 0.3) is 0 Å². The average molecular weight is 226 g/mol. The van der Waals surface area contributed by atoms with Crippen LogP contribution in [0.1, 0.15) is 32.1 Å². The molecule has 2 fully saturated rings. The van der Waals surface area contributed by atoms with E-state index in [1.807, 2.05) is 0 Å². The van der Waals surface area contributed by atoms with Crippen LogP contribution in [0.15, 0.2) is 0 Å². The van der Waals surface area contributed by atoms with Crippen molar-refractivity contribution in [2.75, 3.05) is 26.2 Å². The molecule has 1 saturated carbocycles. The molecule has 4 nitrogen and oxygen atoms in total. The number of amides is 1. The molecule has 1 heterocycles. The van der Waals surface area contributed by atoms with Gasteiger partial charge in [0.1, 0.15) is 0 Å². The minimum atomic E-state index is 0.0823. The van der Waals surface area contributed by atoms with Crippen molar-refractivity contribution in [3.05, 3.63) is 0 Å². The van der Waals surface area contributed by atoms with E-state index < -0.39 is 0 Å². The summed E-state index contributed by atoms with van der Waals surface area (Å²) in [5.41, 5.74) is 0. The molecule has 0 spiro atoms. The molecule has 0 aromatic rings. The lowest BCUT2D eigenvalue weighted by atomic mass is 10.1. The first-order valence-corrected chi connectivity index (χ1v) is 6.41. The summed E-state index contributed by atoms with van der Waals surface area (Å²) in [7, 11) is 0. The second-order valence-electron chi connectivity index (χ2n) is 5.01. The number of aliphatic hydroxyl groups excluding tert-OH is 1. The van der Waals surface area contributed by atoms with Crippen LogP contribution in [0.2, 0.25) is 0 Å². The van der Waals surface area contributed by atoms with Gasteiger partial charge in [0.15, 0.2) is 0 Å². The first-order valence-electron chi connectivity index (χ1n) is 6.41. The molecular formula is C12H22N2O2. The Hall–Kier alpha value is -0.610. The molecule has 2 N–H and O–H groups in total. The maximum Gasteiger partial charge on any atom is 0.220 e. The number of nitrogens with one attached hydrogen (secondary N) is 1. The minimum absolute atomic E-state index is 0.0823. The van der Waals surface area contributed by atoms with Crippen molar-refractivity contribution in [2.45, 2.75) is 38.1 Å². The Morgan fingerprint density at radius 2 is 2.19 bits per heavy atom. The molecule has 1 amide bonds. The quantitative estimate of drug-likeness (QED) is 0.687. The Balaban J connectivity index is 1.58. The number of carbonyl (C=O) groups is 1. The summed E-state index contributed by atoms with van der Waals surface area (Å²) in [6, 6.07) is 0.857. The lowest BCUT2D eigenvalue weighted by Gasteiger charge is -2.15. The number of likely N-dealkylation sites (tertiary alicyclic amines) is 1. The van der Waals surface area contributed by atoms with E-state index in [9.17, 15) is 4.79 Å². The van der Waals surface area contributed by atoms with Gasteiger partial charge < -0.3 is 15.3 Å². The van der Waals surface area contributed by atoms with E-state index >= 15 is 0 Å². The second-order valence-corrected chi connectivity index (χ2v) is 5.01. The Labute approximate surface area is 97.0 Å². The fourth-order valence-corrected chi connectivity index (χ4v) is 2.39. The van der Waals surface area contributed by atoms with Crippen LogP contribution in [0.4, 0.5) is 0 Å².